The SMILES string of the molecule is C=CCOc1ccc(/C(O)=C2/C(=O)C(=O)N(CCN(C)C)C2c2ccc(O)c(OC)c2)cc1. The minimum absolute atomic E-state index is 0.0220. The molecule has 0 spiro atoms. The van der Waals surface area contributed by atoms with Crippen molar-refractivity contribution in [2.75, 3.05) is 40.9 Å². The van der Waals surface area contributed by atoms with Crippen molar-refractivity contribution in [1.29, 1.82) is 0 Å². The first-order valence-corrected chi connectivity index (χ1v) is 10.4. The first-order valence-electron chi connectivity index (χ1n) is 10.4. The molecule has 2 aromatic carbocycles. The molecule has 1 amide bonds. The Morgan fingerprint density at radius 2 is 1.88 bits per heavy atom. The number of benzene rings is 2. The summed E-state index contributed by atoms with van der Waals surface area (Å²) >= 11 is 0. The van der Waals surface area contributed by atoms with Crippen LogP contribution in [0.4, 0.5) is 0 Å². The van der Waals surface area contributed by atoms with Crippen LogP contribution in [0.2, 0.25) is 0 Å². The second-order valence-corrected chi connectivity index (χ2v) is 7.85. The van der Waals surface area contributed by atoms with E-state index in [1.54, 1.807) is 42.5 Å². The van der Waals surface area contributed by atoms with Crippen LogP contribution in [0.25, 0.3) is 5.76 Å². The smallest absolute Gasteiger partial charge is 0.295 e. The highest BCUT2D eigenvalue weighted by Gasteiger charge is 2.46. The number of methoxy groups -OCH3 is 1. The lowest BCUT2D eigenvalue weighted by molar-refractivity contribution is -0.140. The van der Waals surface area contributed by atoms with Crippen molar-refractivity contribution in [3.63, 3.8) is 0 Å². The lowest BCUT2D eigenvalue weighted by atomic mass is 9.95. The Labute approximate surface area is 193 Å². The predicted octanol–water partition coefficient (Wildman–Crippen LogP) is 2.95. The molecule has 1 aliphatic heterocycles. The van der Waals surface area contributed by atoms with Gasteiger partial charge in [0.2, 0.25) is 0 Å². The van der Waals surface area contributed by atoms with Crippen LogP contribution < -0.4 is 9.47 Å². The number of hydrogen-bond acceptors (Lipinski definition) is 7. The van der Waals surface area contributed by atoms with Crippen molar-refractivity contribution in [3.05, 3.63) is 71.8 Å². The topological polar surface area (TPSA) is 99.5 Å². The summed E-state index contributed by atoms with van der Waals surface area (Å²) < 4.78 is 10.7. The summed E-state index contributed by atoms with van der Waals surface area (Å²) in [6, 6.07) is 10.3. The van der Waals surface area contributed by atoms with E-state index >= 15 is 0 Å². The second kappa shape index (κ2) is 10.2. The molecule has 2 N–H and O–H groups in total. The molecule has 33 heavy (non-hydrogen) atoms. The molecule has 1 unspecified atom stereocenters. The van der Waals surface area contributed by atoms with E-state index < -0.39 is 17.7 Å². The number of ether oxygens (including phenoxy) is 2. The van der Waals surface area contributed by atoms with Gasteiger partial charge in [0, 0.05) is 18.7 Å². The minimum Gasteiger partial charge on any atom is -0.507 e. The Balaban J connectivity index is 2.10. The van der Waals surface area contributed by atoms with E-state index in [9.17, 15) is 19.8 Å². The van der Waals surface area contributed by atoms with E-state index in [1.165, 1.54) is 18.1 Å². The number of aromatic hydroxyl groups is 1. The van der Waals surface area contributed by atoms with Crippen molar-refractivity contribution < 1.29 is 29.3 Å². The van der Waals surface area contributed by atoms with Gasteiger partial charge in [-0.05, 0) is 56.1 Å². The van der Waals surface area contributed by atoms with Gasteiger partial charge < -0.3 is 29.5 Å². The van der Waals surface area contributed by atoms with E-state index in [0.717, 1.165) is 0 Å². The summed E-state index contributed by atoms with van der Waals surface area (Å²) in [7, 11) is 5.15. The highest BCUT2D eigenvalue weighted by atomic mass is 16.5. The minimum atomic E-state index is -0.837. The van der Waals surface area contributed by atoms with Crippen LogP contribution in [0.15, 0.2) is 60.7 Å². The van der Waals surface area contributed by atoms with Gasteiger partial charge in [-0.3, -0.25) is 9.59 Å². The summed E-state index contributed by atoms with van der Waals surface area (Å²) in [6.45, 7) is 4.74. The normalized spacial score (nSPS) is 17.5. The van der Waals surface area contributed by atoms with E-state index in [2.05, 4.69) is 6.58 Å². The van der Waals surface area contributed by atoms with Crippen LogP contribution in [-0.4, -0.2) is 72.6 Å². The summed E-state index contributed by atoms with van der Waals surface area (Å²) in [5, 5.41) is 21.1. The zero-order valence-corrected chi connectivity index (χ0v) is 18.9. The third-order valence-corrected chi connectivity index (χ3v) is 5.34. The van der Waals surface area contributed by atoms with E-state index in [-0.39, 0.29) is 29.4 Å². The van der Waals surface area contributed by atoms with Crippen LogP contribution in [0.5, 0.6) is 17.2 Å². The van der Waals surface area contributed by atoms with Crippen molar-refractivity contribution in [2.24, 2.45) is 0 Å². The van der Waals surface area contributed by atoms with E-state index in [0.29, 0.717) is 30.0 Å². The van der Waals surface area contributed by atoms with E-state index in [4.69, 9.17) is 9.47 Å². The zero-order valence-electron chi connectivity index (χ0n) is 18.9. The number of hydrogen-bond donors (Lipinski definition) is 2. The van der Waals surface area contributed by atoms with Gasteiger partial charge in [0.1, 0.15) is 18.1 Å². The highest BCUT2D eigenvalue weighted by Crippen LogP contribution is 2.41. The van der Waals surface area contributed by atoms with Crippen LogP contribution in [0, 0.1) is 0 Å². The number of likely N-dealkylation sites (N-methyl/N-ethyl adjacent to an activating group) is 1. The van der Waals surface area contributed by atoms with Gasteiger partial charge in [-0.2, -0.15) is 0 Å². The third-order valence-electron chi connectivity index (χ3n) is 5.34. The molecule has 0 bridgehead atoms. The number of Topliss-reactive ketones (excluding diaryl/α,β-unsaturated/α-hetero) is 1. The fraction of sp³-hybridized carbons (Fsp3) is 0.280. The number of ketones is 1. The molecule has 1 aliphatic rings. The lowest BCUT2D eigenvalue weighted by Gasteiger charge is -2.27. The number of amides is 1. The van der Waals surface area contributed by atoms with E-state index in [1.807, 2.05) is 19.0 Å². The predicted molar refractivity (Wildman–Crippen MR) is 124 cm³/mol. The molecule has 0 saturated carbocycles. The Morgan fingerprint density at radius 3 is 2.48 bits per heavy atom. The van der Waals surface area contributed by atoms with Crippen LogP contribution in [0.1, 0.15) is 17.2 Å². The first-order chi connectivity index (χ1) is 15.8. The average Bonchev–Trinajstić information content (AvgIpc) is 3.06. The fourth-order valence-corrected chi connectivity index (χ4v) is 3.65. The number of nitrogens with zero attached hydrogens (tertiary/aromatic N) is 2. The highest BCUT2D eigenvalue weighted by molar-refractivity contribution is 6.46. The molecule has 1 fully saturated rings. The molecule has 1 atom stereocenters. The second-order valence-electron chi connectivity index (χ2n) is 7.85. The van der Waals surface area contributed by atoms with Gasteiger partial charge in [-0.1, -0.05) is 18.7 Å². The molecule has 1 heterocycles. The summed E-state index contributed by atoms with van der Waals surface area (Å²) in [6.07, 6.45) is 1.62. The van der Waals surface area contributed by atoms with Gasteiger partial charge in [0.25, 0.3) is 11.7 Å². The van der Waals surface area contributed by atoms with Crippen molar-refractivity contribution in [1.82, 2.24) is 9.80 Å². The molecule has 3 rings (SSSR count). The summed E-state index contributed by atoms with van der Waals surface area (Å²) in [4.78, 5) is 29.3. The number of phenolic OH excluding ortho intramolecular Hbond substituents is 1. The Kier molecular flexibility index (Phi) is 7.40. The van der Waals surface area contributed by atoms with Gasteiger partial charge in [-0.15, -0.1) is 0 Å². The van der Waals surface area contributed by atoms with Crippen molar-refractivity contribution in [3.8, 4) is 17.2 Å². The first kappa shape index (κ1) is 23.9. The molecule has 8 nitrogen and oxygen atoms in total. The number of aliphatic hydroxyl groups is 1. The number of carbonyl (C=O) groups is 2. The molecule has 0 aromatic heterocycles. The molecule has 0 radical (unpaired) electrons. The number of rotatable bonds is 9. The summed E-state index contributed by atoms with van der Waals surface area (Å²) in [5.41, 5.74) is 0.892. The number of aliphatic hydroxyl groups excluding tert-OH is 1. The molecule has 0 aliphatic carbocycles. The van der Waals surface area contributed by atoms with Crippen molar-refractivity contribution in [2.45, 2.75) is 6.04 Å². The maximum Gasteiger partial charge on any atom is 0.295 e. The maximum absolute atomic E-state index is 13.0. The molecule has 174 valence electrons. The lowest BCUT2D eigenvalue weighted by Crippen LogP contribution is -2.35. The molecule has 8 heteroatoms. The Hall–Kier alpha value is -3.78. The molecular weight excluding hydrogens is 424 g/mol. The Morgan fingerprint density at radius 1 is 1.18 bits per heavy atom. The monoisotopic (exact) mass is 452 g/mol. The van der Waals surface area contributed by atoms with Gasteiger partial charge in [-0.25, -0.2) is 0 Å². The van der Waals surface area contributed by atoms with Crippen LogP contribution in [-0.2, 0) is 9.59 Å². The zero-order chi connectivity index (χ0) is 24.1. The van der Waals surface area contributed by atoms with Crippen LogP contribution in [0.3, 0.4) is 0 Å². The van der Waals surface area contributed by atoms with Crippen molar-refractivity contribution >= 4 is 17.4 Å². The number of likely N-dealkylation sites (tertiary alicyclic amines) is 1. The fourth-order valence-electron chi connectivity index (χ4n) is 3.65. The summed E-state index contributed by atoms with van der Waals surface area (Å²) in [5.74, 6) is -1.03. The average molecular weight is 453 g/mol. The van der Waals surface area contributed by atoms with Crippen LogP contribution >= 0.6 is 0 Å². The number of carbonyl (C=O) groups excluding carboxylic acids is 2. The van der Waals surface area contributed by atoms with Gasteiger partial charge in [0.15, 0.2) is 11.5 Å². The number of phenols is 1. The maximum atomic E-state index is 13.0. The van der Waals surface area contributed by atoms with Gasteiger partial charge in [0.05, 0.1) is 18.7 Å². The quantitative estimate of drug-likeness (QED) is 0.261. The third kappa shape index (κ3) is 5.01. The molecular formula is C25H28N2O6. The molecule has 1 saturated heterocycles. The van der Waals surface area contributed by atoms with Gasteiger partial charge >= 0.3 is 0 Å². The Bertz CT molecular complexity index is 1070. The largest absolute Gasteiger partial charge is 0.507 e. The standard InChI is InChI=1S/C25H28N2O6/c1-5-14-33-18-9-6-16(7-10-18)23(29)21-22(17-8-11-19(28)20(15-17)32-4)27(13-12-26(2)3)25(31)24(21)30/h5-11,15,22,28-29H,1,12-14H2,2-4H3/b23-21-. The molecule has 2 aromatic rings.